The predicted octanol–water partition coefficient (Wildman–Crippen LogP) is 4.77. The van der Waals surface area contributed by atoms with Gasteiger partial charge in [-0.15, -0.1) is 24.0 Å². The van der Waals surface area contributed by atoms with Crippen molar-refractivity contribution in [3.8, 4) is 23.0 Å². The molecule has 0 atom stereocenters. The van der Waals surface area contributed by atoms with Gasteiger partial charge in [0.2, 0.25) is 0 Å². The van der Waals surface area contributed by atoms with E-state index in [1.165, 1.54) is 0 Å². The number of methoxy groups -OCH3 is 3. The summed E-state index contributed by atoms with van der Waals surface area (Å²) in [6, 6.07) is 21.8. The van der Waals surface area contributed by atoms with Crippen molar-refractivity contribution < 1.29 is 18.9 Å². The second kappa shape index (κ2) is 14.2. The normalized spacial score (nSPS) is 10.6. The van der Waals surface area contributed by atoms with E-state index in [4.69, 9.17) is 18.9 Å². The van der Waals surface area contributed by atoms with Gasteiger partial charge in [0.25, 0.3) is 0 Å². The van der Waals surface area contributed by atoms with E-state index in [0.29, 0.717) is 48.7 Å². The third-order valence-electron chi connectivity index (χ3n) is 5.06. The Kier molecular flexibility index (Phi) is 11.3. The number of hydrogen-bond donors (Lipinski definition) is 2. The highest BCUT2D eigenvalue weighted by Gasteiger charge is 2.08. The SMILES string of the molecule is CN=C(NCc1ccc(OC)c(OC)c1)NCc1ccc(OCc2ccccc2)c(OC)c1.I. The Balaban J connectivity index is 0.00000408. The summed E-state index contributed by atoms with van der Waals surface area (Å²) in [5, 5.41) is 6.63. The molecule has 0 aliphatic rings. The largest absolute Gasteiger partial charge is 0.493 e. The molecule has 3 aromatic rings. The Bertz CT molecular complexity index is 1060. The van der Waals surface area contributed by atoms with Crippen LogP contribution in [0.15, 0.2) is 71.7 Å². The summed E-state index contributed by atoms with van der Waals surface area (Å²) in [5.41, 5.74) is 3.21. The molecule has 0 unspecified atom stereocenters. The molecule has 0 aliphatic carbocycles. The zero-order valence-corrected chi connectivity index (χ0v) is 22.3. The third kappa shape index (κ3) is 7.72. The quantitative estimate of drug-likeness (QED) is 0.206. The van der Waals surface area contributed by atoms with Crippen molar-refractivity contribution in [1.82, 2.24) is 10.6 Å². The van der Waals surface area contributed by atoms with Gasteiger partial charge in [0, 0.05) is 20.1 Å². The summed E-state index contributed by atoms with van der Waals surface area (Å²) < 4.78 is 22.1. The Morgan fingerprint density at radius 2 is 1.21 bits per heavy atom. The van der Waals surface area contributed by atoms with Gasteiger partial charge < -0.3 is 29.6 Å². The first-order valence-electron chi connectivity index (χ1n) is 10.7. The first-order chi connectivity index (χ1) is 16.2. The van der Waals surface area contributed by atoms with Crippen molar-refractivity contribution >= 4 is 29.9 Å². The van der Waals surface area contributed by atoms with E-state index in [0.717, 1.165) is 16.7 Å². The van der Waals surface area contributed by atoms with Crippen LogP contribution in [0.3, 0.4) is 0 Å². The van der Waals surface area contributed by atoms with Crippen molar-refractivity contribution in [1.29, 1.82) is 0 Å². The molecule has 0 saturated carbocycles. The van der Waals surface area contributed by atoms with Gasteiger partial charge in [0.05, 0.1) is 21.3 Å². The van der Waals surface area contributed by atoms with Gasteiger partial charge in [-0.2, -0.15) is 0 Å². The van der Waals surface area contributed by atoms with Crippen LogP contribution in [-0.2, 0) is 19.7 Å². The van der Waals surface area contributed by atoms with Gasteiger partial charge in [-0.3, -0.25) is 4.99 Å². The van der Waals surface area contributed by atoms with Gasteiger partial charge >= 0.3 is 0 Å². The topological polar surface area (TPSA) is 73.3 Å². The summed E-state index contributed by atoms with van der Waals surface area (Å²) in [4.78, 5) is 4.30. The van der Waals surface area contributed by atoms with Crippen LogP contribution in [0.25, 0.3) is 0 Å². The van der Waals surface area contributed by atoms with Crippen molar-refractivity contribution in [2.24, 2.45) is 4.99 Å². The molecule has 0 radical (unpaired) electrons. The van der Waals surface area contributed by atoms with Crippen molar-refractivity contribution in [3.05, 3.63) is 83.4 Å². The van der Waals surface area contributed by atoms with E-state index in [-0.39, 0.29) is 24.0 Å². The van der Waals surface area contributed by atoms with Crippen LogP contribution >= 0.6 is 24.0 Å². The number of benzene rings is 3. The van der Waals surface area contributed by atoms with Gasteiger partial charge in [-0.1, -0.05) is 42.5 Å². The van der Waals surface area contributed by atoms with Crippen LogP contribution in [0.1, 0.15) is 16.7 Å². The van der Waals surface area contributed by atoms with Crippen molar-refractivity contribution in [2.45, 2.75) is 19.7 Å². The van der Waals surface area contributed by atoms with Gasteiger partial charge in [-0.25, -0.2) is 0 Å². The van der Waals surface area contributed by atoms with Crippen LogP contribution in [0, 0.1) is 0 Å². The molecule has 0 saturated heterocycles. The maximum Gasteiger partial charge on any atom is 0.191 e. The molecule has 0 heterocycles. The van der Waals surface area contributed by atoms with Crippen LogP contribution in [-0.4, -0.2) is 34.3 Å². The Labute approximate surface area is 218 Å². The molecule has 3 rings (SSSR count). The van der Waals surface area contributed by atoms with Gasteiger partial charge in [0.15, 0.2) is 29.0 Å². The molecular formula is C26H32IN3O4. The number of ether oxygens (including phenoxy) is 4. The molecule has 0 aromatic heterocycles. The van der Waals surface area contributed by atoms with E-state index >= 15 is 0 Å². The number of halogens is 1. The maximum absolute atomic E-state index is 5.94. The fourth-order valence-corrected chi connectivity index (χ4v) is 3.26. The van der Waals surface area contributed by atoms with Crippen LogP contribution in [0.4, 0.5) is 0 Å². The molecule has 0 spiro atoms. The minimum absolute atomic E-state index is 0. The molecule has 0 aliphatic heterocycles. The monoisotopic (exact) mass is 577 g/mol. The molecule has 0 bridgehead atoms. The number of hydrogen-bond acceptors (Lipinski definition) is 5. The molecule has 7 nitrogen and oxygen atoms in total. The van der Waals surface area contributed by atoms with Crippen LogP contribution < -0.4 is 29.6 Å². The lowest BCUT2D eigenvalue weighted by molar-refractivity contribution is 0.284. The fraction of sp³-hybridized carbons (Fsp3) is 0.269. The average Bonchev–Trinajstić information content (AvgIpc) is 2.88. The minimum atomic E-state index is 0. The molecular weight excluding hydrogens is 545 g/mol. The first-order valence-corrected chi connectivity index (χ1v) is 10.7. The lowest BCUT2D eigenvalue weighted by atomic mass is 10.2. The Hall–Kier alpha value is -3.14. The summed E-state index contributed by atoms with van der Waals surface area (Å²) >= 11 is 0. The number of guanidine groups is 1. The zero-order valence-electron chi connectivity index (χ0n) is 20.0. The summed E-state index contributed by atoms with van der Waals surface area (Å²) in [7, 11) is 6.64. The highest BCUT2D eigenvalue weighted by molar-refractivity contribution is 14.0. The number of nitrogens with one attached hydrogen (secondary N) is 2. The smallest absolute Gasteiger partial charge is 0.191 e. The average molecular weight is 577 g/mol. The second-order valence-electron chi connectivity index (χ2n) is 7.23. The van der Waals surface area contributed by atoms with Gasteiger partial charge in [0.1, 0.15) is 6.61 Å². The van der Waals surface area contributed by atoms with Crippen molar-refractivity contribution in [3.63, 3.8) is 0 Å². The molecule has 3 aromatic carbocycles. The Morgan fingerprint density at radius 1 is 0.676 bits per heavy atom. The molecule has 8 heteroatoms. The lowest BCUT2D eigenvalue weighted by Crippen LogP contribution is -2.36. The number of aliphatic imine (C=N–C) groups is 1. The molecule has 182 valence electrons. The standard InChI is InChI=1S/C26H31N3O4.HI/c1-27-26(28-16-20-10-12-22(30-2)24(14-20)31-3)29-17-21-11-13-23(25(15-21)32-4)33-18-19-8-6-5-7-9-19;/h5-15H,16-18H2,1-4H3,(H2,27,28,29);1H. The second-order valence-corrected chi connectivity index (χ2v) is 7.23. The van der Waals surface area contributed by atoms with E-state index in [2.05, 4.69) is 15.6 Å². The molecule has 2 N–H and O–H groups in total. The first kappa shape index (κ1) is 27.1. The van der Waals surface area contributed by atoms with E-state index in [9.17, 15) is 0 Å². The minimum Gasteiger partial charge on any atom is -0.493 e. The summed E-state index contributed by atoms with van der Waals surface area (Å²) in [6.45, 7) is 1.66. The lowest BCUT2D eigenvalue weighted by Gasteiger charge is -2.15. The third-order valence-corrected chi connectivity index (χ3v) is 5.06. The highest BCUT2D eigenvalue weighted by Crippen LogP contribution is 2.29. The van der Waals surface area contributed by atoms with Crippen molar-refractivity contribution in [2.75, 3.05) is 28.4 Å². The zero-order chi connectivity index (χ0) is 23.5. The predicted molar refractivity (Wildman–Crippen MR) is 146 cm³/mol. The molecule has 34 heavy (non-hydrogen) atoms. The Morgan fingerprint density at radius 3 is 1.74 bits per heavy atom. The summed E-state index contributed by atoms with van der Waals surface area (Å²) in [5.74, 6) is 3.49. The molecule has 0 amide bonds. The highest BCUT2D eigenvalue weighted by atomic mass is 127. The van der Waals surface area contributed by atoms with E-state index < -0.39 is 0 Å². The maximum atomic E-state index is 5.94. The van der Waals surface area contributed by atoms with Crippen LogP contribution in [0.5, 0.6) is 23.0 Å². The summed E-state index contributed by atoms with van der Waals surface area (Å²) in [6.07, 6.45) is 0. The fourth-order valence-electron chi connectivity index (χ4n) is 3.26. The van der Waals surface area contributed by atoms with Crippen LogP contribution in [0.2, 0.25) is 0 Å². The number of rotatable bonds is 10. The molecule has 0 fully saturated rings. The van der Waals surface area contributed by atoms with Gasteiger partial charge in [-0.05, 0) is 41.0 Å². The van der Waals surface area contributed by atoms with E-state index in [1.807, 2.05) is 66.7 Å². The van der Waals surface area contributed by atoms with E-state index in [1.54, 1.807) is 28.4 Å². The number of nitrogens with zero attached hydrogens (tertiary/aromatic N) is 1.